The predicted molar refractivity (Wildman–Crippen MR) is 70.8 cm³/mol. The summed E-state index contributed by atoms with van der Waals surface area (Å²) in [6.45, 7) is 0. The Kier molecular flexibility index (Phi) is 3.87. The molecule has 21 heavy (non-hydrogen) atoms. The zero-order chi connectivity index (χ0) is 14.7. The lowest BCUT2D eigenvalue weighted by Gasteiger charge is -2.00. The minimum Gasteiger partial charge on any atom is -0.415 e. The SMILES string of the molecule is FC(F)c1nnc(-c2cnc(Sc3ccccc3)nc2)o1. The summed E-state index contributed by atoms with van der Waals surface area (Å²) in [6.07, 6.45) is 0.127. The maximum absolute atomic E-state index is 12.4. The average Bonchev–Trinajstić information content (AvgIpc) is 2.99. The number of halogens is 2. The van der Waals surface area contributed by atoms with Gasteiger partial charge in [0.05, 0.1) is 5.56 Å². The van der Waals surface area contributed by atoms with E-state index in [1.165, 1.54) is 24.2 Å². The van der Waals surface area contributed by atoms with E-state index in [1.54, 1.807) is 0 Å². The number of nitrogens with zero attached hydrogens (tertiary/aromatic N) is 4. The van der Waals surface area contributed by atoms with E-state index in [0.717, 1.165) is 4.90 Å². The highest BCUT2D eigenvalue weighted by Crippen LogP contribution is 2.26. The highest BCUT2D eigenvalue weighted by atomic mass is 32.2. The van der Waals surface area contributed by atoms with Crippen LogP contribution in [0, 0.1) is 0 Å². The zero-order valence-electron chi connectivity index (χ0n) is 10.5. The van der Waals surface area contributed by atoms with Gasteiger partial charge in [-0.25, -0.2) is 9.97 Å². The van der Waals surface area contributed by atoms with E-state index in [0.29, 0.717) is 10.7 Å². The van der Waals surface area contributed by atoms with Crippen LogP contribution in [0.5, 0.6) is 0 Å². The van der Waals surface area contributed by atoms with Gasteiger partial charge in [0.25, 0.3) is 11.8 Å². The van der Waals surface area contributed by atoms with Gasteiger partial charge in [0.2, 0.25) is 0 Å². The van der Waals surface area contributed by atoms with Gasteiger partial charge in [-0.15, -0.1) is 10.2 Å². The van der Waals surface area contributed by atoms with Crippen molar-refractivity contribution in [3.05, 3.63) is 48.6 Å². The summed E-state index contributed by atoms with van der Waals surface area (Å²) in [4.78, 5) is 9.28. The fourth-order valence-corrected chi connectivity index (χ4v) is 2.23. The van der Waals surface area contributed by atoms with E-state index in [9.17, 15) is 8.78 Å². The Hall–Kier alpha value is -2.35. The second-order valence-corrected chi connectivity index (χ2v) is 4.96. The summed E-state index contributed by atoms with van der Waals surface area (Å²) < 4.78 is 29.6. The van der Waals surface area contributed by atoms with Gasteiger partial charge >= 0.3 is 6.43 Å². The molecule has 0 bridgehead atoms. The van der Waals surface area contributed by atoms with Crippen LogP contribution < -0.4 is 0 Å². The van der Waals surface area contributed by atoms with Crippen LogP contribution in [0.4, 0.5) is 8.78 Å². The molecule has 1 aromatic carbocycles. The highest BCUT2D eigenvalue weighted by molar-refractivity contribution is 7.99. The molecule has 0 atom stereocenters. The maximum Gasteiger partial charge on any atom is 0.314 e. The molecule has 0 aliphatic rings. The molecule has 0 radical (unpaired) electrons. The van der Waals surface area contributed by atoms with E-state index in [1.807, 2.05) is 30.3 Å². The molecule has 0 saturated heterocycles. The second kappa shape index (κ2) is 5.96. The third-order valence-corrected chi connectivity index (χ3v) is 3.36. The first kappa shape index (κ1) is 13.6. The van der Waals surface area contributed by atoms with Crippen LogP contribution >= 0.6 is 11.8 Å². The molecule has 3 aromatic rings. The molecular formula is C13H8F2N4OS. The number of hydrogen-bond acceptors (Lipinski definition) is 6. The molecule has 0 fully saturated rings. The van der Waals surface area contributed by atoms with Gasteiger partial charge in [-0.2, -0.15) is 8.78 Å². The molecule has 0 amide bonds. The lowest BCUT2D eigenvalue weighted by Crippen LogP contribution is -1.87. The molecule has 2 heterocycles. The average molecular weight is 306 g/mol. The van der Waals surface area contributed by atoms with Gasteiger partial charge in [-0.1, -0.05) is 18.2 Å². The monoisotopic (exact) mass is 306 g/mol. The topological polar surface area (TPSA) is 64.7 Å². The fraction of sp³-hybridized carbons (Fsp3) is 0.0769. The summed E-state index contributed by atoms with van der Waals surface area (Å²) in [6, 6.07) is 9.63. The normalized spacial score (nSPS) is 11.0. The van der Waals surface area contributed by atoms with Crippen molar-refractivity contribution in [2.75, 3.05) is 0 Å². The van der Waals surface area contributed by atoms with Crippen LogP contribution in [0.25, 0.3) is 11.5 Å². The van der Waals surface area contributed by atoms with E-state index < -0.39 is 12.3 Å². The fourth-order valence-electron chi connectivity index (χ4n) is 1.51. The molecule has 0 saturated carbocycles. The minimum atomic E-state index is -2.79. The van der Waals surface area contributed by atoms with Crippen LogP contribution in [-0.2, 0) is 0 Å². The quantitative estimate of drug-likeness (QED) is 0.686. The number of aromatic nitrogens is 4. The zero-order valence-corrected chi connectivity index (χ0v) is 11.3. The molecule has 8 heteroatoms. The van der Waals surface area contributed by atoms with Crippen molar-refractivity contribution < 1.29 is 13.2 Å². The summed E-state index contributed by atoms with van der Waals surface area (Å²) in [5.41, 5.74) is 0.395. The lowest BCUT2D eigenvalue weighted by molar-refractivity contribution is 0.116. The van der Waals surface area contributed by atoms with Crippen molar-refractivity contribution in [1.29, 1.82) is 0 Å². The van der Waals surface area contributed by atoms with Gasteiger partial charge in [-0.05, 0) is 23.9 Å². The van der Waals surface area contributed by atoms with Crippen molar-refractivity contribution in [3.8, 4) is 11.5 Å². The summed E-state index contributed by atoms with van der Waals surface area (Å²) in [5.74, 6) is -0.741. The van der Waals surface area contributed by atoms with E-state index in [-0.39, 0.29) is 5.89 Å². The first-order valence-electron chi connectivity index (χ1n) is 5.89. The number of hydrogen-bond donors (Lipinski definition) is 0. The van der Waals surface area contributed by atoms with Crippen LogP contribution in [0.3, 0.4) is 0 Å². The molecule has 0 unspecified atom stereocenters. The lowest BCUT2D eigenvalue weighted by atomic mass is 10.3. The Morgan fingerprint density at radius 2 is 1.71 bits per heavy atom. The van der Waals surface area contributed by atoms with Crippen molar-refractivity contribution in [3.63, 3.8) is 0 Å². The molecule has 0 N–H and O–H groups in total. The molecule has 0 spiro atoms. The van der Waals surface area contributed by atoms with Gasteiger partial charge in [-0.3, -0.25) is 0 Å². The number of rotatable bonds is 4. The molecule has 0 aliphatic carbocycles. The van der Waals surface area contributed by atoms with Crippen molar-refractivity contribution in [2.45, 2.75) is 16.5 Å². The van der Waals surface area contributed by atoms with Crippen LogP contribution in [0.2, 0.25) is 0 Å². The van der Waals surface area contributed by atoms with E-state index in [4.69, 9.17) is 4.42 Å². The van der Waals surface area contributed by atoms with Gasteiger partial charge in [0, 0.05) is 17.3 Å². The third-order valence-electron chi connectivity index (χ3n) is 2.45. The van der Waals surface area contributed by atoms with Gasteiger partial charge in [0.15, 0.2) is 5.16 Å². The maximum atomic E-state index is 12.4. The second-order valence-electron chi connectivity index (χ2n) is 3.92. The van der Waals surface area contributed by atoms with Gasteiger partial charge < -0.3 is 4.42 Å². The minimum absolute atomic E-state index is 0.0263. The molecule has 0 aliphatic heterocycles. The van der Waals surface area contributed by atoms with E-state index >= 15 is 0 Å². The van der Waals surface area contributed by atoms with Crippen molar-refractivity contribution in [1.82, 2.24) is 20.2 Å². The molecule has 106 valence electrons. The molecule has 5 nitrogen and oxygen atoms in total. The largest absolute Gasteiger partial charge is 0.415 e. The molecule has 2 aromatic heterocycles. The Labute approximate surface area is 122 Å². The van der Waals surface area contributed by atoms with Crippen LogP contribution in [-0.4, -0.2) is 20.2 Å². The Balaban J connectivity index is 1.77. The predicted octanol–water partition coefficient (Wildman–Crippen LogP) is 3.62. The third kappa shape index (κ3) is 3.22. The number of benzene rings is 1. The van der Waals surface area contributed by atoms with Crippen molar-refractivity contribution in [2.24, 2.45) is 0 Å². The van der Waals surface area contributed by atoms with Crippen LogP contribution in [0.15, 0.2) is 57.2 Å². The number of alkyl halides is 2. The summed E-state index contributed by atoms with van der Waals surface area (Å²) in [5, 5.41) is 7.33. The summed E-state index contributed by atoms with van der Waals surface area (Å²) >= 11 is 1.39. The van der Waals surface area contributed by atoms with Gasteiger partial charge in [0.1, 0.15) is 0 Å². The van der Waals surface area contributed by atoms with E-state index in [2.05, 4.69) is 20.2 Å². The summed E-state index contributed by atoms with van der Waals surface area (Å²) in [7, 11) is 0. The Morgan fingerprint density at radius 3 is 2.33 bits per heavy atom. The first-order chi connectivity index (χ1) is 10.2. The Morgan fingerprint density at radius 1 is 1.00 bits per heavy atom. The highest BCUT2D eigenvalue weighted by Gasteiger charge is 2.17. The molecule has 3 rings (SSSR count). The first-order valence-corrected chi connectivity index (χ1v) is 6.71. The Bertz CT molecular complexity index is 719. The van der Waals surface area contributed by atoms with Crippen LogP contribution in [0.1, 0.15) is 12.3 Å². The van der Waals surface area contributed by atoms with Crippen molar-refractivity contribution >= 4 is 11.8 Å². The smallest absolute Gasteiger partial charge is 0.314 e. The standard InChI is InChI=1S/C13H8F2N4OS/c14-10(15)12-19-18-11(20-12)8-6-16-13(17-7-8)21-9-4-2-1-3-5-9/h1-7,10H. The molecular weight excluding hydrogens is 298 g/mol.